The topological polar surface area (TPSA) is 65.5 Å². The van der Waals surface area contributed by atoms with Crippen LogP contribution >= 0.6 is 0 Å². The Balaban J connectivity index is 1.27. The van der Waals surface area contributed by atoms with Crippen LogP contribution in [0.3, 0.4) is 0 Å². The number of anilines is 1. The Morgan fingerprint density at radius 3 is 2.39 bits per heavy atom. The van der Waals surface area contributed by atoms with E-state index in [2.05, 4.69) is 38.7 Å². The number of hydrogen-bond donors (Lipinski definition) is 0. The van der Waals surface area contributed by atoms with E-state index >= 15 is 0 Å². The van der Waals surface area contributed by atoms with Crippen LogP contribution in [0.1, 0.15) is 26.2 Å². The first-order valence-electron chi connectivity index (χ1n) is 12.1. The van der Waals surface area contributed by atoms with Crippen LogP contribution in [-0.2, 0) is 4.79 Å². The lowest BCUT2D eigenvalue weighted by Crippen LogP contribution is -2.49. The van der Waals surface area contributed by atoms with Gasteiger partial charge in [0.2, 0.25) is 5.91 Å². The Labute approximate surface area is 195 Å². The lowest BCUT2D eigenvalue weighted by molar-refractivity contribution is -0.134. The molecule has 3 aromatic rings. The normalized spacial score (nSPS) is 18.1. The van der Waals surface area contributed by atoms with Crippen LogP contribution in [0.2, 0.25) is 0 Å². The summed E-state index contributed by atoms with van der Waals surface area (Å²) in [5.41, 5.74) is 1.93. The summed E-state index contributed by atoms with van der Waals surface area (Å²) in [5, 5.41) is 1.08. The van der Waals surface area contributed by atoms with Crippen molar-refractivity contribution >= 4 is 22.6 Å². The molecule has 1 aromatic carbocycles. The molecule has 0 N–H and O–H groups in total. The van der Waals surface area contributed by atoms with E-state index in [1.807, 2.05) is 24.3 Å². The fraction of sp³-hybridized carbons (Fsp3) is 0.462. The Kier molecular flexibility index (Phi) is 6.48. The number of carbonyl (C=O) groups is 1. The van der Waals surface area contributed by atoms with Gasteiger partial charge in [0.1, 0.15) is 5.82 Å². The van der Waals surface area contributed by atoms with Crippen molar-refractivity contribution in [2.24, 2.45) is 5.92 Å². The number of amides is 1. The van der Waals surface area contributed by atoms with Crippen molar-refractivity contribution in [1.82, 2.24) is 24.8 Å². The molecule has 0 unspecified atom stereocenters. The summed E-state index contributed by atoms with van der Waals surface area (Å²) >= 11 is 0. The van der Waals surface area contributed by atoms with Crippen LogP contribution in [0.15, 0.2) is 48.8 Å². The van der Waals surface area contributed by atoms with E-state index in [0.29, 0.717) is 18.2 Å². The molecule has 2 fully saturated rings. The summed E-state index contributed by atoms with van der Waals surface area (Å²) < 4.78 is 0. The molecule has 7 heteroatoms. The predicted octanol–water partition coefficient (Wildman–Crippen LogP) is 3.46. The number of nitrogens with zero attached hydrogens (tertiary/aromatic N) is 6. The highest BCUT2D eigenvalue weighted by molar-refractivity contribution is 5.91. The van der Waals surface area contributed by atoms with Crippen molar-refractivity contribution in [3.05, 3.63) is 48.8 Å². The van der Waals surface area contributed by atoms with Crippen molar-refractivity contribution in [2.75, 3.05) is 50.7 Å². The van der Waals surface area contributed by atoms with Crippen LogP contribution in [0, 0.1) is 5.92 Å². The van der Waals surface area contributed by atoms with Crippen molar-refractivity contribution in [3.63, 3.8) is 0 Å². The molecule has 0 saturated carbocycles. The van der Waals surface area contributed by atoms with E-state index in [1.165, 1.54) is 0 Å². The van der Waals surface area contributed by atoms with Crippen molar-refractivity contribution in [3.8, 4) is 11.4 Å². The Hall–Kier alpha value is -3.06. The van der Waals surface area contributed by atoms with E-state index in [-0.39, 0.29) is 0 Å². The molecule has 0 aliphatic carbocycles. The van der Waals surface area contributed by atoms with Gasteiger partial charge < -0.3 is 14.7 Å². The van der Waals surface area contributed by atoms with Gasteiger partial charge in [-0.2, -0.15) is 0 Å². The summed E-state index contributed by atoms with van der Waals surface area (Å²) in [6, 6.07) is 12.1. The second-order valence-electron chi connectivity index (χ2n) is 9.07. The number of carbonyl (C=O) groups excluding carboxylic acids is 1. The Morgan fingerprint density at radius 2 is 1.67 bits per heavy atom. The number of rotatable bonds is 5. The first-order chi connectivity index (χ1) is 16.2. The van der Waals surface area contributed by atoms with Gasteiger partial charge in [-0.25, -0.2) is 9.97 Å². The predicted molar refractivity (Wildman–Crippen MR) is 131 cm³/mol. The quantitative estimate of drug-likeness (QED) is 0.601. The molecule has 0 bridgehead atoms. The molecule has 172 valence electrons. The lowest BCUT2D eigenvalue weighted by Gasteiger charge is -2.36. The molecular formula is C26H32N6O. The van der Waals surface area contributed by atoms with E-state index in [1.54, 1.807) is 12.4 Å². The Bertz CT molecular complexity index is 1090. The standard InChI is InChI=1S/C26H32N6O/c1-2-30-15-17-31(18-16-30)24(33)19-20-9-13-32(14-10-20)26-22-5-3-4-6-23(22)28-25(29-26)21-7-11-27-12-8-21/h3-8,11-12,20H,2,9-10,13-19H2,1H3. The summed E-state index contributed by atoms with van der Waals surface area (Å²) in [6.45, 7) is 8.83. The van der Waals surface area contributed by atoms with E-state index in [9.17, 15) is 4.79 Å². The van der Waals surface area contributed by atoms with Gasteiger partial charge in [0.25, 0.3) is 0 Å². The summed E-state index contributed by atoms with van der Waals surface area (Å²) in [6.07, 6.45) is 6.26. The second-order valence-corrected chi connectivity index (χ2v) is 9.07. The fourth-order valence-electron chi connectivity index (χ4n) is 4.97. The highest BCUT2D eigenvalue weighted by Crippen LogP contribution is 2.31. The maximum atomic E-state index is 12.9. The number of aromatic nitrogens is 3. The number of pyridine rings is 1. The third kappa shape index (κ3) is 4.83. The van der Waals surface area contributed by atoms with Gasteiger partial charge in [-0.1, -0.05) is 19.1 Å². The molecule has 2 aromatic heterocycles. The number of para-hydroxylation sites is 1. The number of piperazine rings is 1. The van der Waals surface area contributed by atoms with Gasteiger partial charge >= 0.3 is 0 Å². The van der Waals surface area contributed by atoms with Crippen LogP contribution in [-0.4, -0.2) is 76.5 Å². The fourth-order valence-corrected chi connectivity index (χ4v) is 4.97. The van der Waals surface area contributed by atoms with E-state index < -0.39 is 0 Å². The third-order valence-corrected chi connectivity index (χ3v) is 7.07. The average molecular weight is 445 g/mol. The summed E-state index contributed by atoms with van der Waals surface area (Å²) in [5.74, 6) is 2.50. The maximum Gasteiger partial charge on any atom is 0.222 e. The zero-order valence-electron chi connectivity index (χ0n) is 19.4. The largest absolute Gasteiger partial charge is 0.356 e. The molecule has 1 amide bonds. The minimum absolute atomic E-state index is 0.330. The van der Waals surface area contributed by atoms with Crippen LogP contribution in [0.25, 0.3) is 22.3 Å². The maximum absolute atomic E-state index is 12.9. The minimum atomic E-state index is 0.330. The first-order valence-corrected chi connectivity index (χ1v) is 12.1. The number of likely N-dealkylation sites (N-methyl/N-ethyl adjacent to an activating group) is 1. The second kappa shape index (κ2) is 9.83. The van der Waals surface area contributed by atoms with Gasteiger partial charge in [-0.15, -0.1) is 0 Å². The first kappa shape index (κ1) is 21.8. The summed E-state index contributed by atoms with van der Waals surface area (Å²) in [7, 11) is 0. The Morgan fingerprint density at radius 1 is 0.939 bits per heavy atom. The van der Waals surface area contributed by atoms with Gasteiger partial charge in [0, 0.05) is 69.0 Å². The number of fused-ring (bicyclic) bond motifs is 1. The smallest absolute Gasteiger partial charge is 0.222 e. The van der Waals surface area contributed by atoms with Crippen LogP contribution in [0.5, 0.6) is 0 Å². The molecule has 2 saturated heterocycles. The highest BCUT2D eigenvalue weighted by atomic mass is 16.2. The lowest BCUT2D eigenvalue weighted by atomic mass is 9.92. The zero-order chi connectivity index (χ0) is 22.6. The van der Waals surface area contributed by atoms with Crippen LogP contribution < -0.4 is 4.90 Å². The van der Waals surface area contributed by atoms with Crippen LogP contribution in [0.4, 0.5) is 5.82 Å². The van der Waals surface area contributed by atoms with Crippen molar-refractivity contribution in [2.45, 2.75) is 26.2 Å². The van der Waals surface area contributed by atoms with E-state index in [4.69, 9.17) is 9.97 Å². The van der Waals surface area contributed by atoms with Crippen molar-refractivity contribution in [1.29, 1.82) is 0 Å². The molecule has 0 atom stereocenters. The summed E-state index contributed by atoms with van der Waals surface area (Å²) in [4.78, 5) is 33.6. The molecule has 0 spiro atoms. The van der Waals surface area contributed by atoms with Gasteiger partial charge in [0.15, 0.2) is 5.82 Å². The molecule has 2 aliphatic rings. The molecule has 2 aliphatic heterocycles. The highest BCUT2D eigenvalue weighted by Gasteiger charge is 2.27. The van der Waals surface area contributed by atoms with Crippen molar-refractivity contribution < 1.29 is 4.79 Å². The average Bonchev–Trinajstić information content (AvgIpc) is 2.89. The number of benzene rings is 1. The SMILES string of the molecule is CCN1CCN(C(=O)CC2CCN(c3nc(-c4ccncc4)nc4ccccc34)CC2)CC1. The zero-order valence-corrected chi connectivity index (χ0v) is 19.4. The number of hydrogen-bond acceptors (Lipinski definition) is 6. The van der Waals surface area contributed by atoms with Gasteiger partial charge in [0.05, 0.1) is 5.52 Å². The monoisotopic (exact) mass is 444 g/mol. The molecule has 7 nitrogen and oxygen atoms in total. The molecular weight excluding hydrogens is 412 g/mol. The molecule has 33 heavy (non-hydrogen) atoms. The number of piperidine rings is 1. The van der Waals surface area contributed by atoms with Gasteiger partial charge in [-0.3, -0.25) is 9.78 Å². The van der Waals surface area contributed by atoms with Gasteiger partial charge in [-0.05, 0) is 49.6 Å². The molecule has 0 radical (unpaired) electrons. The third-order valence-electron chi connectivity index (χ3n) is 7.07. The minimum Gasteiger partial charge on any atom is -0.356 e. The molecule has 5 rings (SSSR count). The van der Waals surface area contributed by atoms with E-state index in [0.717, 1.165) is 86.8 Å². The molecule has 4 heterocycles.